The molecule has 14 heavy (non-hydrogen) atoms. The van der Waals surface area contributed by atoms with E-state index in [9.17, 15) is 8.78 Å². The van der Waals surface area contributed by atoms with Crippen LogP contribution >= 0.6 is 0 Å². The first kappa shape index (κ1) is 9.08. The Hall–Kier alpha value is -1.49. The summed E-state index contributed by atoms with van der Waals surface area (Å²) in [6.45, 7) is -0.256. The molecular formula is C9H8F2N2O. The molecule has 0 saturated carbocycles. The second-order valence-electron chi connectivity index (χ2n) is 3.00. The first-order chi connectivity index (χ1) is 6.63. The smallest absolute Gasteiger partial charge is 0.161 e. The number of hydrogen-bond donors (Lipinski definition) is 1. The molecule has 3 nitrogen and oxygen atoms in total. The molecule has 0 unspecified atom stereocenters. The molecule has 1 N–H and O–H groups in total. The Balaban J connectivity index is 2.80. The van der Waals surface area contributed by atoms with Gasteiger partial charge < -0.3 is 9.67 Å². The van der Waals surface area contributed by atoms with Gasteiger partial charge >= 0.3 is 0 Å². The standard InChI is InChI=1S/C9H8F2N2O/c1-13-8-3-6(11)5(10)2-7(8)12-9(13)4-14/h2-3,14H,4H2,1H3. The Morgan fingerprint density at radius 1 is 1.36 bits per heavy atom. The van der Waals surface area contributed by atoms with Crippen molar-refractivity contribution in [2.45, 2.75) is 6.61 Å². The fourth-order valence-electron chi connectivity index (χ4n) is 1.38. The SMILES string of the molecule is Cn1c(CO)nc2cc(F)c(F)cc21. The maximum absolute atomic E-state index is 12.9. The lowest BCUT2D eigenvalue weighted by Crippen LogP contribution is -1.96. The van der Waals surface area contributed by atoms with Gasteiger partial charge in [0, 0.05) is 19.2 Å². The summed E-state index contributed by atoms with van der Waals surface area (Å²) in [6.07, 6.45) is 0. The maximum atomic E-state index is 12.9. The summed E-state index contributed by atoms with van der Waals surface area (Å²) >= 11 is 0. The number of halogens is 2. The van der Waals surface area contributed by atoms with Crippen molar-refractivity contribution in [3.8, 4) is 0 Å². The maximum Gasteiger partial charge on any atom is 0.161 e. The molecule has 74 valence electrons. The van der Waals surface area contributed by atoms with Crippen molar-refractivity contribution in [3.63, 3.8) is 0 Å². The van der Waals surface area contributed by atoms with E-state index in [1.165, 1.54) is 4.57 Å². The Morgan fingerprint density at radius 2 is 2.00 bits per heavy atom. The van der Waals surface area contributed by atoms with E-state index in [-0.39, 0.29) is 6.61 Å². The minimum atomic E-state index is -0.930. The zero-order chi connectivity index (χ0) is 10.3. The Kier molecular flexibility index (Phi) is 1.96. The number of rotatable bonds is 1. The molecule has 0 radical (unpaired) electrons. The van der Waals surface area contributed by atoms with Crippen LogP contribution in [0, 0.1) is 11.6 Å². The van der Waals surface area contributed by atoms with Crippen LogP contribution in [0.5, 0.6) is 0 Å². The third-order valence-corrected chi connectivity index (χ3v) is 2.16. The van der Waals surface area contributed by atoms with Gasteiger partial charge in [-0.2, -0.15) is 0 Å². The van der Waals surface area contributed by atoms with Crippen molar-refractivity contribution in [1.82, 2.24) is 9.55 Å². The van der Waals surface area contributed by atoms with Gasteiger partial charge in [-0.3, -0.25) is 0 Å². The van der Waals surface area contributed by atoms with Crippen molar-refractivity contribution in [2.75, 3.05) is 0 Å². The van der Waals surface area contributed by atoms with Crippen LogP contribution in [0.25, 0.3) is 11.0 Å². The third kappa shape index (κ3) is 1.17. The molecule has 5 heteroatoms. The van der Waals surface area contributed by atoms with Crippen molar-refractivity contribution in [2.24, 2.45) is 7.05 Å². The van der Waals surface area contributed by atoms with E-state index in [2.05, 4.69) is 4.98 Å². The second-order valence-corrected chi connectivity index (χ2v) is 3.00. The highest BCUT2D eigenvalue weighted by molar-refractivity contribution is 5.76. The molecule has 0 spiro atoms. The molecule has 1 heterocycles. The number of aromatic nitrogens is 2. The molecule has 1 aromatic heterocycles. The highest BCUT2D eigenvalue weighted by Crippen LogP contribution is 2.18. The normalized spacial score (nSPS) is 11.1. The number of hydrogen-bond acceptors (Lipinski definition) is 2. The lowest BCUT2D eigenvalue weighted by Gasteiger charge is -1.97. The van der Waals surface area contributed by atoms with Gasteiger partial charge in [-0.25, -0.2) is 13.8 Å². The number of fused-ring (bicyclic) bond motifs is 1. The average molecular weight is 198 g/mol. The van der Waals surface area contributed by atoms with Crippen molar-refractivity contribution < 1.29 is 13.9 Å². The van der Waals surface area contributed by atoms with E-state index in [0.717, 1.165) is 12.1 Å². The van der Waals surface area contributed by atoms with Crippen LogP contribution < -0.4 is 0 Å². The average Bonchev–Trinajstić information content (AvgIpc) is 2.45. The number of benzene rings is 1. The fraction of sp³-hybridized carbons (Fsp3) is 0.222. The fourth-order valence-corrected chi connectivity index (χ4v) is 1.38. The van der Waals surface area contributed by atoms with Gasteiger partial charge in [-0.05, 0) is 0 Å². The summed E-state index contributed by atoms with van der Waals surface area (Å²) < 4.78 is 27.2. The first-order valence-electron chi connectivity index (χ1n) is 4.04. The molecule has 0 aliphatic rings. The van der Waals surface area contributed by atoms with Gasteiger partial charge in [0.2, 0.25) is 0 Å². The summed E-state index contributed by atoms with van der Waals surface area (Å²) in [5, 5.41) is 8.89. The molecule has 0 fully saturated rings. The van der Waals surface area contributed by atoms with E-state index < -0.39 is 11.6 Å². The molecule has 0 aliphatic carbocycles. The van der Waals surface area contributed by atoms with Crippen molar-refractivity contribution >= 4 is 11.0 Å². The lowest BCUT2D eigenvalue weighted by molar-refractivity contribution is 0.268. The van der Waals surface area contributed by atoms with Crippen LogP contribution in [0.1, 0.15) is 5.82 Å². The van der Waals surface area contributed by atoms with Crippen LogP contribution in [-0.4, -0.2) is 14.7 Å². The molecular weight excluding hydrogens is 190 g/mol. The van der Waals surface area contributed by atoms with E-state index in [0.29, 0.717) is 16.9 Å². The van der Waals surface area contributed by atoms with E-state index >= 15 is 0 Å². The van der Waals surface area contributed by atoms with Gasteiger partial charge in [0.1, 0.15) is 12.4 Å². The largest absolute Gasteiger partial charge is 0.388 e. The number of aryl methyl sites for hydroxylation is 1. The molecule has 2 aromatic rings. The van der Waals surface area contributed by atoms with E-state index in [1.54, 1.807) is 7.05 Å². The highest BCUT2D eigenvalue weighted by atomic mass is 19.2. The topological polar surface area (TPSA) is 38.0 Å². The van der Waals surface area contributed by atoms with Gasteiger partial charge in [0.05, 0.1) is 11.0 Å². The summed E-state index contributed by atoms with van der Waals surface area (Å²) in [5.74, 6) is -1.46. The molecule has 0 bridgehead atoms. The highest BCUT2D eigenvalue weighted by Gasteiger charge is 2.10. The molecule has 0 saturated heterocycles. The zero-order valence-electron chi connectivity index (χ0n) is 7.46. The van der Waals surface area contributed by atoms with Gasteiger partial charge in [-0.1, -0.05) is 0 Å². The molecule has 2 rings (SSSR count). The lowest BCUT2D eigenvalue weighted by atomic mass is 10.3. The summed E-state index contributed by atoms with van der Waals surface area (Å²) in [5.41, 5.74) is 0.809. The predicted molar refractivity (Wildman–Crippen MR) is 46.6 cm³/mol. The molecule has 0 amide bonds. The number of imidazole rings is 1. The first-order valence-corrected chi connectivity index (χ1v) is 4.04. The van der Waals surface area contributed by atoms with Gasteiger partial charge in [0.15, 0.2) is 11.6 Å². The van der Waals surface area contributed by atoms with Crippen LogP contribution in [0.2, 0.25) is 0 Å². The van der Waals surface area contributed by atoms with Crippen LogP contribution in [0.15, 0.2) is 12.1 Å². The summed E-state index contributed by atoms with van der Waals surface area (Å²) in [6, 6.07) is 2.08. The summed E-state index contributed by atoms with van der Waals surface area (Å²) in [7, 11) is 1.64. The molecule has 0 aliphatic heterocycles. The second kappa shape index (κ2) is 3.02. The van der Waals surface area contributed by atoms with Gasteiger partial charge in [0.25, 0.3) is 0 Å². The van der Waals surface area contributed by atoms with Crippen LogP contribution in [-0.2, 0) is 13.7 Å². The Morgan fingerprint density at radius 3 is 2.64 bits per heavy atom. The minimum absolute atomic E-state index is 0.256. The Labute approximate surface area is 78.6 Å². The summed E-state index contributed by atoms with van der Waals surface area (Å²) in [4.78, 5) is 3.94. The van der Waals surface area contributed by atoms with E-state index in [1.807, 2.05) is 0 Å². The van der Waals surface area contributed by atoms with Crippen LogP contribution in [0.3, 0.4) is 0 Å². The Bertz CT molecular complexity index is 493. The van der Waals surface area contributed by atoms with Gasteiger partial charge in [-0.15, -0.1) is 0 Å². The van der Waals surface area contributed by atoms with Crippen molar-refractivity contribution in [3.05, 3.63) is 29.6 Å². The quantitative estimate of drug-likeness (QED) is 0.750. The number of aliphatic hydroxyl groups is 1. The number of aliphatic hydroxyl groups excluding tert-OH is 1. The predicted octanol–water partition coefficient (Wildman–Crippen LogP) is 1.34. The minimum Gasteiger partial charge on any atom is -0.388 e. The zero-order valence-corrected chi connectivity index (χ0v) is 7.46. The van der Waals surface area contributed by atoms with E-state index in [4.69, 9.17) is 5.11 Å². The monoisotopic (exact) mass is 198 g/mol. The van der Waals surface area contributed by atoms with Crippen molar-refractivity contribution in [1.29, 1.82) is 0 Å². The third-order valence-electron chi connectivity index (χ3n) is 2.16. The number of nitrogens with zero attached hydrogens (tertiary/aromatic N) is 2. The van der Waals surface area contributed by atoms with Crippen LogP contribution in [0.4, 0.5) is 8.78 Å². The molecule has 0 atom stereocenters. The molecule has 1 aromatic carbocycles.